The summed E-state index contributed by atoms with van der Waals surface area (Å²) in [6.45, 7) is 4.34. The average molecular weight is 306 g/mol. The Kier molecular flexibility index (Phi) is 3.15. The van der Waals surface area contributed by atoms with Crippen LogP contribution in [0.25, 0.3) is 0 Å². The van der Waals surface area contributed by atoms with E-state index in [-0.39, 0.29) is 23.0 Å². The third-order valence-corrected chi connectivity index (χ3v) is 7.79. The number of hydrogen-bond acceptors (Lipinski definition) is 2. The van der Waals surface area contributed by atoms with Crippen LogP contribution in [0.15, 0.2) is 11.6 Å². The maximum absolute atomic E-state index is 14.2. The van der Waals surface area contributed by atoms with Gasteiger partial charge < -0.3 is 5.11 Å². The first kappa shape index (κ1) is 14.9. The third kappa shape index (κ3) is 1.72. The number of alkyl halides is 1. The standard InChI is InChI=1S/C19H27FO2/c1-18-7-4-3-5-11(18)9-15(21)16-12(18)6-8-19(2)13(16)10-14(20)17(19)22/h9,12-14,16-17,22H,3-8,10H2,1-2H3/t12?,13?,14-,16?,17+,18+,19+/m1/s1. The van der Waals surface area contributed by atoms with E-state index in [0.29, 0.717) is 12.3 Å². The molecular formula is C19H27FO2. The summed E-state index contributed by atoms with van der Waals surface area (Å²) in [5.74, 6) is 0.522. The molecule has 4 aliphatic carbocycles. The molecule has 0 aromatic rings. The molecule has 0 heterocycles. The second kappa shape index (κ2) is 4.66. The molecule has 122 valence electrons. The highest BCUT2D eigenvalue weighted by molar-refractivity contribution is 5.94. The van der Waals surface area contributed by atoms with Gasteiger partial charge in [-0.15, -0.1) is 0 Å². The van der Waals surface area contributed by atoms with Crippen molar-refractivity contribution >= 4 is 5.78 Å². The van der Waals surface area contributed by atoms with Crippen molar-refractivity contribution in [3.05, 3.63) is 11.6 Å². The fourth-order valence-electron chi connectivity index (χ4n) is 6.38. The second-order valence-electron chi connectivity index (χ2n) is 8.68. The number of hydrogen-bond donors (Lipinski definition) is 1. The summed E-state index contributed by atoms with van der Waals surface area (Å²) in [4.78, 5) is 12.8. The number of allylic oxidation sites excluding steroid dienone is 2. The van der Waals surface area contributed by atoms with Gasteiger partial charge in [-0.3, -0.25) is 4.79 Å². The average Bonchev–Trinajstić information content (AvgIpc) is 2.71. The topological polar surface area (TPSA) is 37.3 Å². The lowest BCUT2D eigenvalue weighted by Gasteiger charge is -2.56. The zero-order chi connectivity index (χ0) is 15.7. The van der Waals surface area contributed by atoms with Crippen molar-refractivity contribution in [2.45, 2.75) is 71.1 Å². The minimum Gasteiger partial charge on any atom is -0.390 e. The number of aliphatic hydroxyl groups is 1. The van der Waals surface area contributed by atoms with Crippen molar-refractivity contribution in [2.75, 3.05) is 0 Å². The number of carbonyl (C=O) groups is 1. The molecule has 0 amide bonds. The molecule has 0 saturated heterocycles. The first-order chi connectivity index (χ1) is 10.4. The molecule has 4 rings (SSSR count). The van der Waals surface area contributed by atoms with E-state index in [9.17, 15) is 14.3 Å². The van der Waals surface area contributed by atoms with Crippen LogP contribution in [-0.4, -0.2) is 23.2 Å². The molecule has 0 radical (unpaired) electrons. The Morgan fingerprint density at radius 3 is 2.77 bits per heavy atom. The monoisotopic (exact) mass is 306 g/mol. The van der Waals surface area contributed by atoms with Crippen molar-refractivity contribution in [3.8, 4) is 0 Å². The van der Waals surface area contributed by atoms with Gasteiger partial charge >= 0.3 is 0 Å². The molecule has 0 bridgehead atoms. The zero-order valence-electron chi connectivity index (χ0n) is 13.6. The summed E-state index contributed by atoms with van der Waals surface area (Å²) >= 11 is 0. The molecule has 0 aromatic carbocycles. The summed E-state index contributed by atoms with van der Waals surface area (Å²) in [5, 5.41) is 10.3. The van der Waals surface area contributed by atoms with Crippen LogP contribution in [0.5, 0.6) is 0 Å². The summed E-state index contributed by atoms with van der Waals surface area (Å²) in [5.41, 5.74) is 1.08. The summed E-state index contributed by atoms with van der Waals surface area (Å²) < 4.78 is 14.2. The van der Waals surface area contributed by atoms with E-state index < -0.39 is 17.7 Å². The van der Waals surface area contributed by atoms with Gasteiger partial charge in [-0.2, -0.15) is 0 Å². The van der Waals surface area contributed by atoms with Crippen LogP contribution in [0.4, 0.5) is 4.39 Å². The maximum Gasteiger partial charge on any atom is 0.159 e. The molecule has 3 saturated carbocycles. The molecule has 3 heteroatoms. The van der Waals surface area contributed by atoms with Gasteiger partial charge in [0.1, 0.15) is 6.17 Å². The Morgan fingerprint density at radius 1 is 1.23 bits per heavy atom. The predicted octanol–water partition coefficient (Wildman–Crippen LogP) is 3.83. The van der Waals surface area contributed by atoms with Gasteiger partial charge in [0.15, 0.2) is 5.78 Å². The lowest BCUT2D eigenvalue weighted by Crippen LogP contribution is -2.53. The Bertz CT molecular complexity index is 542. The fourth-order valence-corrected chi connectivity index (χ4v) is 6.38. The van der Waals surface area contributed by atoms with Crippen molar-refractivity contribution < 1.29 is 14.3 Å². The SMILES string of the molecule is C[C@]12CCCCC1=CC(=O)C1C2CC[C@@]2(C)C1C[C@@H](F)[C@@H]2O. The molecular weight excluding hydrogens is 279 g/mol. The Balaban J connectivity index is 1.77. The smallest absolute Gasteiger partial charge is 0.159 e. The molecule has 0 spiro atoms. The minimum atomic E-state index is -1.16. The lowest BCUT2D eigenvalue weighted by molar-refractivity contribution is -0.135. The van der Waals surface area contributed by atoms with Gasteiger partial charge in [-0.05, 0) is 67.3 Å². The van der Waals surface area contributed by atoms with E-state index in [0.717, 1.165) is 19.3 Å². The molecule has 22 heavy (non-hydrogen) atoms. The molecule has 0 aromatic heterocycles. The maximum atomic E-state index is 14.2. The molecule has 3 fully saturated rings. The van der Waals surface area contributed by atoms with Gasteiger partial charge in [0.25, 0.3) is 0 Å². The van der Waals surface area contributed by atoms with Gasteiger partial charge in [0.2, 0.25) is 0 Å². The number of rotatable bonds is 0. The number of aliphatic hydroxyl groups excluding tert-OH is 1. The highest BCUT2D eigenvalue weighted by Crippen LogP contribution is 2.64. The van der Waals surface area contributed by atoms with Crippen molar-refractivity contribution in [1.29, 1.82) is 0 Å². The van der Waals surface area contributed by atoms with E-state index in [1.165, 1.54) is 24.8 Å². The largest absolute Gasteiger partial charge is 0.390 e. The second-order valence-corrected chi connectivity index (χ2v) is 8.68. The van der Waals surface area contributed by atoms with Crippen LogP contribution in [0.1, 0.15) is 58.8 Å². The van der Waals surface area contributed by atoms with Crippen LogP contribution in [0, 0.1) is 28.6 Å². The highest BCUT2D eigenvalue weighted by atomic mass is 19.1. The van der Waals surface area contributed by atoms with Crippen molar-refractivity contribution in [3.63, 3.8) is 0 Å². The van der Waals surface area contributed by atoms with Crippen LogP contribution in [0.2, 0.25) is 0 Å². The normalized spacial score (nSPS) is 54.3. The van der Waals surface area contributed by atoms with E-state index in [1.807, 2.05) is 13.0 Å². The van der Waals surface area contributed by atoms with Crippen LogP contribution >= 0.6 is 0 Å². The molecule has 2 nitrogen and oxygen atoms in total. The summed E-state index contributed by atoms with van der Waals surface area (Å²) in [6, 6.07) is 0. The van der Waals surface area contributed by atoms with Gasteiger partial charge in [-0.25, -0.2) is 4.39 Å². The summed E-state index contributed by atoms with van der Waals surface area (Å²) in [6.07, 6.45) is 6.69. The third-order valence-electron chi connectivity index (χ3n) is 7.79. The lowest BCUT2D eigenvalue weighted by atomic mass is 9.48. The molecule has 1 N–H and O–H groups in total. The quantitative estimate of drug-likeness (QED) is 0.738. The van der Waals surface area contributed by atoms with Crippen LogP contribution in [0.3, 0.4) is 0 Å². The van der Waals surface area contributed by atoms with Crippen LogP contribution in [-0.2, 0) is 4.79 Å². The molecule has 7 atom stereocenters. The predicted molar refractivity (Wildman–Crippen MR) is 83.0 cm³/mol. The van der Waals surface area contributed by atoms with Gasteiger partial charge in [0.05, 0.1) is 6.10 Å². The van der Waals surface area contributed by atoms with E-state index in [1.54, 1.807) is 0 Å². The fraction of sp³-hybridized carbons (Fsp3) is 0.842. The minimum absolute atomic E-state index is 0.0142. The first-order valence-electron chi connectivity index (χ1n) is 8.95. The van der Waals surface area contributed by atoms with Crippen molar-refractivity contribution in [1.82, 2.24) is 0 Å². The van der Waals surface area contributed by atoms with E-state index in [4.69, 9.17) is 0 Å². The van der Waals surface area contributed by atoms with Crippen LogP contribution < -0.4 is 0 Å². The molecule has 4 aliphatic rings. The Hall–Kier alpha value is -0.700. The Labute approximate surface area is 132 Å². The van der Waals surface area contributed by atoms with Gasteiger partial charge in [0, 0.05) is 5.92 Å². The number of carbonyl (C=O) groups excluding carboxylic acids is 1. The number of ketones is 1. The number of fused-ring (bicyclic) bond motifs is 5. The molecule has 0 aliphatic heterocycles. The van der Waals surface area contributed by atoms with E-state index >= 15 is 0 Å². The Morgan fingerprint density at radius 2 is 2.00 bits per heavy atom. The number of halogens is 1. The summed E-state index contributed by atoms with van der Waals surface area (Å²) in [7, 11) is 0. The highest BCUT2D eigenvalue weighted by Gasteiger charge is 2.62. The first-order valence-corrected chi connectivity index (χ1v) is 8.95. The molecule has 3 unspecified atom stereocenters. The zero-order valence-corrected chi connectivity index (χ0v) is 13.6. The van der Waals surface area contributed by atoms with Gasteiger partial charge in [-0.1, -0.05) is 25.8 Å². The van der Waals surface area contributed by atoms with Crippen molar-refractivity contribution in [2.24, 2.45) is 28.6 Å². The van der Waals surface area contributed by atoms with E-state index in [2.05, 4.69) is 6.92 Å².